The molecular weight excluding hydrogens is 490 g/mol. The standard InChI is InChI=1S/C28H27N3O5S/c1-3-34-23-9-4-19(5-10-23)16-27-29-30-28(31(27)21-7-11-22(33-2)12-8-21)37-18-24(32)20-6-13-25-26(17-20)36-15-14-35-25/h4-13,17H,3,14-16,18H2,1-2H3. The lowest BCUT2D eigenvalue weighted by atomic mass is 10.1. The second-order valence-electron chi connectivity index (χ2n) is 8.26. The van der Waals surface area contributed by atoms with Crippen LogP contribution in [0, 0.1) is 0 Å². The number of ether oxygens (including phenoxy) is 4. The molecule has 2 heterocycles. The van der Waals surface area contributed by atoms with Crippen LogP contribution in [0.25, 0.3) is 5.69 Å². The van der Waals surface area contributed by atoms with Crippen LogP contribution in [0.15, 0.2) is 71.9 Å². The Bertz CT molecular complexity index is 1370. The van der Waals surface area contributed by atoms with E-state index in [1.54, 1.807) is 25.3 Å². The zero-order valence-corrected chi connectivity index (χ0v) is 21.5. The van der Waals surface area contributed by atoms with Crippen molar-refractivity contribution in [2.75, 3.05) is 32.7 Å². The first kappa shape index (κ1) is 24.7. The van der Waals surface area contributed by atoms with Gasteiger partial charge in [-0.15, -0.1) is 10.2 Å². The fourth-order valence-corrected chi connectivity index (χ4v) is 4.85. The SMILES string of the molecule is CCOc1ccc(Cc2nnc(SCC(=O)c3ccc4c(c3)OCCO4)n2-c2ccc(OC)cc2)cc1. The summed E-state index contributed by atoms with van der Waals surface area (Å²) >= 11 is 1.35. The molecule has 1 aliphatic heterocycles. The van der Waals surface area contributed by atoms with Crippen molar-refractivity contribution >= 4 is 17.5 Å². The van der Waals surface area contributed by atoms with Gasteiger partial charge in [0.15, 0.2) is 22.4 Å². The van der Waals surface area contributed by atoms with Crippen LogP contribution in [0.4, 0.5) is 0 Å². The molecule has 0 atom stereocenters. The van der Waals surface area contributed by atoms with Gasteiger partial charge in [0.25, 0.3) is 0 Å². The van der Waals surface area contributed by atoms with Gasteiger partial charge in [-0.25, -0.2) is 0 Å². The number of ketones is 1. The number of carbonyl (C=O) groups is 1. The fourth-order valence-electron chi connectivity index (χ4n) is 3.98. The zero-order chi connectivity index (χ0) is 25.6. The monoisotopic (exact) mass is 517 g/mol. The predicted octanol–water partition coefficient (Wildman–Crippen LogP) is 5.01. The molecule has 0 unspecified atom stereocenters. The summed E-state index contributed by atoms with van der Waals surface area (Å²) in [4.78, 5) is 13.0. The van der Waals surface area contributed by atoms with Gasteiger partial charge in [-0.3, -0.25) is 9.36 Å². The quantitative estimate of drug-likeness (QED) is 0.214. The average Bonchev–Trinajstić information content (AvgIpc) is 3.34. The highest BCUT2D eigenvalue weighted by molar-refractivity contribution is 7.99. The molecule has 8 nitrogen and oxygen atoms in total. The van der Waals surface area contributed by atoms with E-state index in [1.807, 2.05) is 60.0 Å². The topological polar surface area (TPSA) is 84.7 Å². The summed E-state index contributed by atoms with van der Waals surface area (Å²) in [6, 6.07) is 20.9. The van der Waals surface area contributed by atoms with E-state index >= 15 is 0 Å². The molecule has 0 radical (unpaired) electrons. The van der Waals surface area contributed by atoms with Crippen molar-refractivity contribution in [3.8, 4) is 28.7 Å². The second kappa shape index (κ2) is 11.4. The van der Waals surface area contributed by atoms with E-state index in [0.29, 0.717) is 48.5 Å². The van der Waals surface area contributed by atoms with Gasteiger partial charge in [0.2, 0.25) is 0 Å². The zero-order valence-electron chi connectivity index (χ0n) is 20.7. The first-order chi connectivity index (χ1) is 18.1. The smallest absolute Gasteiger partial charge is 0.196 e. The van der Waals surface area contributed by atoms with E-state index in [9.17, 15) is 4.79 Å². The Morgan fingerprint density at radius 3 is 2.41 bits per heavy atom. The molecule has 0 fully saturated rings. The van der Waals surface area contributed by atoms with Crippen LogP contribution in [0.3, 0.4) is 0 Å². The molecule has 4 aromatic rings. The van der Waals surface area contributed by atoms with Crippen LogP contribution in [-0.4, -0.2) is 53.2 Å². The molecule has 3 aromatic carbocycles. The van der Waals surface area contributed by atoms with Crippen LogP contribution in [-0.2, 0) is 6.42 Å². The van der Waals surface area contributed by atoms with E-state index in [1.165, 1.54) is 11.8 Å². The molecule has 0 spiro atoms. The van der Waals surface area contributed by atoms with Crippen molar-refractivity contribution in [3.05, 3.63) is 83.7 Å². The molecule has 1 aromatic heterocycles. The van der Waals surface area contributed by atoms with Crippen LogP contribution in [0.5, 0.6) is 23.0 Å². The summed E-state index contributed by atoms with van der Waals surface area (Å²) < 4.78 is 24.0. The van der Waals surface area contributed by atoms with E-state index in [-0.39, 0.29) is 11.5 Å². The minimum Gasteiger partial charge on any atom is -0.497 e. The van der Waals surface area contributed by atoms with Gasteiger partial charge in [-0.2, -0.15) is 0 Å². The van der Waals surface area contributed by atoms with Gasteiger partial charge in [-0.1, -0.05) is 23.9 Å². The summed E-state index contributed by atoms with van der Waals surface area (Å²) in [6.07, 6.45) is 0.572. The molecule has 1 aliphatic rings. The van der Waals surface area contributed by atoms with Gasteiger partial charge >= 0.3 is 0 Å². The number of carbonyl (C=O) groups excluding carboxylic acids is 1. The van der Waals surface area contributed by atoms with E-state index in [4.69, 9.17) is 18.9 Å². The Kier molecular flexibility index (Phi) is 7.60. The second-order valence-corrected chi connectivity index (χ2v) is 9.20. The Morgan fingerprint density at radius 1 is 0.946 bits per heavy atom. The van der Waals surface area contributed by atoms with E-state index in [2.05, 4.69) is 10.2 Å². The molecule has 0 saturated carbocycles. The summed E-state index contributed by atoms with van der Waals surface area (Å²) in [5, 5.41) is 9.55. The van der Waals surface area contributed by atoms with E-state index in [0.717, 1.165) is 28.6 Å². The number of aromatic nitrogens is 3. The van der Waals surface area contributed by atoms with Crippen molar-refractivity contribution in [3.63, 3.8) is 0 Å². The summed E-state index contributed by atoms with van der Waals surface area (Å²) in [5.74, 6) is 3.79. The van der Waals surface area contributed by atoms with Gasteiger partial charge in [0.1, 0.15) is 30.5 Å². The Labute approximate surface area is 219 Å². The minimum atomic E-state index is -0.0284. The Balaban J connectivity index is 1.38. The summed E-state index contributed by atoms with van der Waals surface area (Å²) in [7, 11) is 1.63. The molecular formula is C28H27N3O5S. The van der Waals surface area contributed by atoms with Crippen LogP contribution < -0.4 is 18.9 Å². The maximum atomic E-state index is 13.0. The van der Waals surface area contributed by atoms with Gasteiger partial charge in [0.05, 0.1) is 19.5 Å². The molecule has 0 N–H and O–H groups in total. The molecule has 0 saturated heterocycles. The number of Topliss-reactive ketones (excluding diaryl/α,β-unsaturated/α-hetero) is 1. The number of hydrogen-bond donors (Lipinski definition) is 0. The van der Waals surface area contributed by atoms with Crippen molar-refractivity contribution < 1.29 is 23.7 Å². The molecule has 190 valence electrons. The van der Waals surface area contributed by atoms with Crippen molar-refractivity contribution in [1.82, 2.24) is 14.8 Å². The summed E-state index contributed by atoms with van der Waals surface area (Å²) in [5.41, 5.74) is 2.54. The Hall–Kier alpha value is -3.98. The Morgan fingerprint density at radius 2 is 1.68 bits per heavy atom. The molecule has 37 heavy (non-hydrogen) atoms. The van der Waals surface area contributed by atoms with Crippen molar-refractivity contribution in [1.29, 1.82) is 0 Å². The first-order valence-electron chi connectivity index (χ1n) is 12.0. The lowest BCUT2D eigenvalue weighted by Gasteiger charge is -2.18. The highest BCUT2D eigenvalue weighted by atomic mass is 32.2. The van der Waals surface area contributed by atoms with Crippen molar-refractivity contribution in [2.45, 2.75) is 18.5 Å². The lowest BCUT2D eigenvalue weighted by molar-refractivity contribution is 0.102. The van der Waals surface area contributed by atoms with Crippen LogP contribution >= 0.6 is 11.8 Å². The van der Waals surface area contributed by atoms with Crippen LogP contribution in [0.2, 0.25) is 0 Å². The molecule has 0 bridgehead atoms. The third-order valence-corrected chi connectivity index (χ3v) is 6.75. The molecule has 9 heteroatoms. The number of benzene rings is 3. The normalized spacial score (nSPS) is 12.3. The fraction of sp³-hybridized carbons (Fsp3) is 0.250. The number of methoxy groups -OCH3 is 1. The maximum absolute atomic E-state index is 13.0. The number of rotatable bonds is 10. The number of hydrogen-bond acceptors (Lipinski definition) is 8. The third kappa shape index (κ3) is 5.72. The van der Waals surface area contributed by atoms with Gasteiger partial charge < -0.3 is 18.9 Å². The number of thioether (sulfide) groups is 1. The third-order valence-electron chi connectivity index (χ3n) is 5.82. The highest BCUT2D eigenvalue weighted by Gasteiger charge is 2.19. The molecule has 5 rings (SSSR count). The lowest BCUT2D eigenvalue weighted by Crippen LogP contribution is -2.16. The van der Waals surface area contributed by atoms with Crippen molar-refractivity contribution in [2.24, 2.45) is 0 Å². The average molecular weight is 518 g/mol. The number of nitrogens with zero attached hydrogens (tertiary/aromatic N) is 3. The highest BCUT2D eigenvalue weighted by Crippen LogP contribution is 2.32. The first-order valence-corrected chi connectivity index (χ1v) is 13.0. The summed E-state index contributed by atoms with van der Waals surface area (Å²) in [6.45, 7) is 3.57. The van der Waals surface area contributed by atoms with Gasteiger partial charge in [-0.05, 0) is 67.1 Å². The van der Waals surface area contributed by atoms with Crippen LogP contribution in [0.1, 0.15) is 28.7 Å². The van der Waals surface area contributed by atoms with Gasteiger partial charge in [0, 0.05) is 17.7 Å². The maximum Gasteiger partial charge on any atom is 0.196 e. The predicted molar refractivity (Wildman–Crippen MR) is 141 cm³/mol. The minimum absolute atomic E-state index is 0.0284. The van der Waals surface area contributed by atoms with E-state index < -0.39 is 0 Å². The number of fused-ring (bicyclic) bond motifs is 1. The molecule has 0 aliphatic carbocycles. The largest absolute Gasteiger partial charge is 0.497 e. The molecule has 0 amide bonds.